The Kier molecular flexibility index (Phi) is 3.08. The van der Waals surface area contributed by atoms with Crippen LogP contribution < -0.4 is 5.73 Å². The lowest BCUT2D eigenvalue weighted by Gasteiger charge is -2.17. The number of hydrogen-bond donors (Lipinski definition) is 1. The average molecular weight is 303 g/mol. The van der Waals surface area contributed by atoms with Crippen molar-refractivity contribution in [3.63, 3.8) is 0 Å². The van der Waals surface area contributed by atoms with E-state index in [1.165, 1.54) is 11.3 Å². The van der Waals surface area contributed by atoms with Gasteiger partial charge in [-0.2, -0.15) is 0 Å². The SMILES string of the molecule is NC1CCC2CN(C(=O)c3cnc(-c4ccco4)s3)CC12. The molecule has 21 heavy (non-hydrogen) atoms. The highest BCUT2D eigenvalue weighted by Crippen LogP contribution is 2.38. The van der Waals surface area contributed by atoms with Crippen molar-refractivity contribution in [1.82, 2.24) is 9.88 Å². The summed E-state index contributed by atoms with van der Waals surface area (Å²) in [4.78, 5) is 19.5. The largest absolute Gasteiger partial charge is 0.462 e. The number of nitrogens with zero attached hydrogens (tertiary/aromatic N) is 2. The Hall–Kier alpha value is -1.66. The molecule has 1 saturated heterocycles. The Bertz CT molecular complexity index is 652. The van der Waals surface area contributed by atoms with E-state index in [-0.39, 0.29) is 11.9 Å². The molecule has 2 N–H and O–H groups in total. The van der Waals surface area contributed by atoms with Gasteiger partial charge < -0.3 is 15.1 Å². The second-order valence-electron chi connectivity index (χ2n) is 5.88. The summed E-state index contributed by atoms with van der Waals surface area (Å²) < 4.78 is 5.32. The van der Waals surface area contributed by atoms with Crippen molar-refractivity contribution in [2.45, 2.75) is 18.9 Å². The van der Waals surface area contributed by atoms with E-state index in [9.17, 15) is 4.79 Å². The first-order chi connectivity index (χ1) is 10.2. The zero-order chi connectivity index (χ0) is 14.4. The molecule has 3 atom stereocenters. The minimum atomic E-state index is 0.0758. The first kappa shape index (κ1) is 13.0. The van der Waals surface area contributed by atoms with Crippen LogP contribution >= 0.6 is 11.3 Å². The summed E-state index contributed by atoms with van der Waals surface area (Å²) in [7, 11) is 0. The lowest BCUT2D eigenvalue weighted by molar-refractivity contribution is 0.0784. The molecule has 1 aliphatic heterocycles. The van der Waals surface area contributed by atoms with Crippen molar-refractivity contribution in [2.75, 3.05) is 13.1 Å². The lowest BCUT2D eigenvalue weighted by atomic mass is 9.98. The van der Waals surface area contributed by atoms with Crippen molar-refractivity contribution in [3.05, 3.63) is 29.5 Å². The molecule has 3 unspecified atom stereocenters. The van der Waals surface area contributed by atoms with Crippen LogP contribution in [0.1, 0.15) is 22.5 Å². The summed E-state index contributed by atoms with van der Waals surface area (Å²) >= 11 is 1.39. The van der Waals surface area contributed by atoms with Gasteiger partial charge in [0.1, 0.15) is 4.88 Å². The highest BCUT2D eigenvalue weighted by atomic mass is 32.1. The highest BCUT2D eigenvalue weighted by Gasteiger charge is 2.42. The van der Waals surface area contributed by atoms with Crippen molar-refractivity contribution in [2.24, 2.45) is 17.6 Å². The molecule has 5 nitrogen and oxygen atoms in total. The van der Waals surface area contributed by atoms with E-state index in [1.54, 1.807) is 12.5 Å². The Morgan fingerprint density at radius 3 is 3.10 bits per heavy atom. The van der Waals surface area contributed by atoms with Crippen molar-refractivity contribution >= 4 is 17.2 Å². The fourth-order valence-corrected chi connectivity index (χ4v) is 4.37. The number of amides is 1. The van der Waals surface area contributed by atoms with E-state index < -0.39 is 0 Å². The summed E-state index contributed by atoms with van der Waals surface area (Å²) in [6.45, 7) is 1.63. The van der Waals surface area contributed by atoms with Gasteiger partial charge in [-0.3, -0.25) is 4.79 Å². The van der Waals surface area contributed by atoms with Crippen LogP contribution in [0.4, 0.5) is 0 Å². The van der Waals surface area contributed by atoms with Crippen molar-refractivity contribution < 1.29 is 9.21 Å². The summed E-state index contributed by atoms with van der Waals surface area (Å²) in [5, 5.41) is 0.749. The molecule has 3 heterocycles. The third-order valence-corrected chi connectivity index (χ3v) is 5.65. The molecule has 2 aromatic heterocycles. The maximum Gasteiger partial charge on any atom is 0.265 e. The van der Waals surface area contributed by atoms with Gasteiger partial charge in [0, 0.05) is 19.1 Å². The topological polar surface area (TPSA) is 72.4 Å². The molecule has 1 amide bonds. The minimum absolute atomic E-state index is 0.0758. The number of hydrogen-bond acceptors (Lipinski definition) is 5. The quantitative estimate of drug-likeness (QED) is 0.923. The Balaban J connectivity index is 1.51. The maximum absolute atomic E-state index is 12.6. The first-order valence-electron chi connectivity index (χ1n) is 7.27. The Morgan fingerprint density at radius 2 is 2.33 bits per heavy atom. The van der Waals surface area contributed by atoms with Gasteiger partial charge in [-0.15, -0.1) is 11.3 Å². The fourth-order valence-electron chi connectivity index (χ4n) is 3.52. The molecule has 2 aromatic rings. The second-order valence-corrected chi connectivity index (χ2v) is 6.91. The van der Waals surface area contributed by atoms with Gasteiger partial charge in [-0.05, 0) is 36.8 Å². The van der Waals surface area contributed by atoms with E-state index in [2.05, 4.69) is 4.98 Å². The van der Waals surface area contributed by atoms with E-state index in [1.807, 2.05) is 17.0 Å². The van der Waals surface area contributed by atoms with E-state index in [0.717, 1.165) is 30.9 Å². The molecule has 1 aliphatic carbocycles. The monoisotopic (exact) mass is 303 g/mol. The van der Waals surface area contributed by atoms with Crippen molar-refractivity contribution in [1.29, 1.82) is 0 Å². The van der Waals surface area contributed by atoms with Crippen LogP contribution in [0.3, 0.4) is 0 Å². The van der Waals surface area contributed by atoms with Gasteiger partial charge in [0.25, 0.3) is 5.91 Å². The number of thiazole rings is 1. The molecule has 0 bridgehead atoms. The number of aromatic nitrogens is 1. The maximum atomic E-state index is 12.6. The number of carbonyl (C=O) groups is 1. The van der Waals surface area contributed by atoms with E-state index >= 15 is 0 Å². The zero-order valence-electron chi connectivity index (χ0n) is 11.6. The fraction of sp³-hybridized carbons (Fsp3) is 0.467. The Morgan fingerprint density at radius 1 is 1.43 bits per heavy atom. The summed E-state index contributed by atoms with van der Waals surface area (Å²) in [5.41, 5.74) is 6.13. The van der Waals surface area contributed by atoms with Gasteiger partial charge >= 0.3 is 0 Å². The van der Waals surface area contributed by atoms with Crippen LogP contribution in [0, 0.1) is 11.8 Å². The van der Waals surface area contributed by atoms with Crippen LogP contribution in [0.15, 0.2) is 29.0 Å². The third-order valence-electron chi connectivity index (χ3n) is 4.65. The molecule has 6 heteroatoms. The number of carbonyl (C=O) groups excluding carboxylic acids is 1. The first-order valence-corrected chi connectivity index (χ1v) is 8.08. The summed E-state index contributed by atoms with van der Waals surface area (Å²) in [6.07, 6.45) is 5.51. The number of likely N-dealkylation sites (tertiary alicyclic amines) is 1. The standard InChI is InChI=1S/C15H17N3O2S/c16-11-4-3-9-7-18(8-10(9)11)15(19)13-6-17-14(21-13)12-2-1-5-20-12/h1-2,5-6,9-11H,3-4,7-8,16H2. The van der Waals surface area contributed by atoms with Gasteiger partial charge in [0.15, 0.2) is 10.8 Å². The molecule has 2 fully saturated rings. The number of rotatable bonds is 2. The van der Waals surface area contributed by atoms with E-state index in [0.29, 0.717) is 22.5 Å². The van der Waals surface area contributed by atoms with Gasteiger partial charge in [-0.25, -0.2) is 4.98 Å². The minimum Gasteiger partial charge on any atom is -0.462 e. The van der Waals surface area contributed by atoms with Gasteiger partial charge in [0.2, 0.25) is 0 Å². The molecular weight excluding hydrogens is 286 g/mol. The zero-order valence-corrected chi connectivity index (χ0v) is 12.4. The lowest BCUT2D eigenvalue weighted by Crippen LogP contribution is -2.33. The summed E-state index contributed by atoms with van der Waals surface area (Å²) in [6, 6.07) is 3.93. The molecular formula is C15H17N3O2S. The van der Waals surface area contributed by atoms with Gasteiger partial charge in [0.05, 0.1) is 12.5 Å². The molecule has 2 aliphatic rings. The average Bonchev–Trinajstić information content (AvgIpc) is 3.25. The number of furan rings is 1. The predicted molar refractivity (Wildman–Crippen MR) is 79.9 cm³/mol. The van der Waals surface area contributed by atoms with Crippen molar-refractivity contribution in [3.8, 4) is 10.8 Å². The summed E-state index contributed by atoms with van der Waals surface area (Å²) in [5.74, 6) is 1.85. The second kappa shape index (κ2) is 4.96. The Labute approximate surface area is 126 Å². The normalized spacial score (nSPS) is 28.0. The molecule has 110 valence electrons. The highest BCUT2D eigenvalue weighted by molar-refractivity contribution is 7.16. The molecule has 0 radical (unpaired) electrons. The van der Waals surface area contributed by atoms with Crippen LogP contribution in [-0.2, 0) is 0 Å². The molecule has 0 spiro atoms. The number of fused-ring (bicyclic) bond motifs is 1. The van der Waals surface area contributed by atoms with Crippen LogP contribution in [0.2, 0.25) is 0 Å². The third kappa shape index (κ3) is 2.18. The van der Waals surface area contributed by atoms with Gasteiger partial charge in [-0.1, -0.05) is 0 Å². The predicted octanol–water partition coefficient (Wildman–Crippen LogP) is 2.21. The van der Waals surface area contributed by atoms with Crippen LogP contribution in [0.5, 0.6) is 0 Å². The molecule has 1 saturated carbocycles. The van der Waals surface area contributed by atoms with E-state index in [4.69, 9.17) is 10.2 Å². The molecule has 4 rings (SSSR count). The van der Waals surface area contributed by atoms with Crippen LogP contribution in [0.25, 0.3) is 10.8 Å². The number of nitrogens with two attached hydrogens (primary N) is 1. The van der Waals surface area contributed by atoms with Crippen LogP contribution in [-0.4, -0.2) is 34.9 Å². The smallest absolute Gasteiger partial charge is 0.265 e. The molecule has 0 aromatic carbocycles.